The maximum atomic E-state index is 11.6. The van der Waals surface area contributed by atoms with Gasteiger partial charge >= 0.3 is 0 Å². The SMILES string of the molecule is CC(C)(N)C(=O)Nc1ccc(Cl)c(C#N)c1. The van der Waals surface area contributed by atoms with Crippen LogP contribution in [0.4, 0.5) is 5.69 Å². The van der Waals surface area contributed by atoms with Gasteiger partial charge in [0.15, 0.2) is 0 Å². The van der Waals surface area contributed by atoms with Crippen LogP contribution in [0, 0.1) is 11.3 Å². The zero-order valence-corrected chi connectivity index (χ0v) is 9.80. The number of carbonyl (C=O) groups is 1. The third-order valence-corrected chi connectivity index (χ3v) is 2.26. The minimum Gasteiger partial charge on any atom is -0.324 e. The molecule has 1 amide bonds. The molecule has 0 heterocycles. The van der Waals surface area contributed by atoms with Crippen LogP contribution < -0.4 is 11.1 Å². The highest BCUT2D eigenvalue weighted by atomic mass is 35.5. The predicted molar refractivity (Wildman–Crippen MR) is 63.1 cm³/mol. The molecule has 84 valence electrons. The molecular formula is C11H12ClN3O. The maximum absolute atomic E-state index is 11.6. The van der Waals surface area contributed by atoms with Crippen molar-refractivity contribution in [2.75, 3.05) is 5.32 Å². The van der Waals surface area contributed by atoms with Crippen molar-refractivity contribution in [2.45, 2.75) is 19.4 Å². The van der Waals surface area contributed by atoms with Crippen LogP contribution in [0.1, 0.15) is 19.4 Å². The number of carbonyl (C=O) groups excluding carboxylic acids is 1. The van der Waals surface area contributed by atoms with E-state index in [1.807, 2.05) is 6.07 Å². The second kappa shape index (κ2) is 4.52. The molecule has 0 unspecified atom stereocenters. The minimum atomic E-state index is -0.966. The largest absolute Gasteiger partial charge is 0.324 e. The molecule has 0 saturated carbocycles. The van der Waals surface area contributed by atoms with Gasteiger partial charge in [0.05, 0.1) is 16.1 Å². The Labute approximate surface area is 99.0 Å². The van der Waals surface area contributed by atoms with E-state index in [9.17, 15) is 4.79 Å². The quantitative estimate of drug-likeness (QED) is 0.824. The summed E-state index contributed by atoms with van der Waals surface area (Å²) >= 11 is 5.76. The van der Waals surface area contributed by atoms with E-state index < -0.39 is 5.54 Å². The van der Waals surface area contributed by atoms with E-state index in [-0.39, 0.29) is 5.91 Å². The van der Waals surface area contributed by atoms with E-state index in [4.69, 9.17) is 22.6 Å². The average Bonchev–Trinajstić information content (AvgIpc) is 2.19. The number of rotatable bonds is 2. The lowest BCUT2D eigenvalue weighted by Crippen LogP contribution is -2.45. The summed E-state index contributed by atoms with van der Waals surface area (Å²) in [4.78, 5) is 11.6. The number of amides is 1. The van der Waals surface area contributed by atoms with Gasteiger partial charge in [-0.1, -0.05) is 11.6 Å². The van der Waals surface area contributed by atoms with Crippen molar-refractivity contribution in [3.8, 4) is 6.07 Å². The van der Waals surface area contributed by atoms with Gasteiger partial charge in [-0.2, -0.15) is 5.26 Å². The van der Waals surface area contributed by atoms with Gasteiger partial charge in [0.25, 0.3) is 0 Å². The van der Waals surface area contributed by atoms with Crippen LogP contribution in [0.3, 0.4) is 0 Å². The zero-order valence-electron chi connectivity index (χ0n) is 9.04. The van der Waals surface area contributed by atoms with Crippen molar-refractivity contribution in [1.29, 1.82) is 5.26 Å². The van der Waals surface area contributed by atoms with Crippen LogP contribution in [-0.2, 0) is 4.79 Å². The fraction of sp³-hybridized carbons (Fsp3) is 0.273. The van der Waals surface area contributed by atoms with Crippen molar-refractivity contribution in [2.24, 2.45) is 5.73 Å². The summed E-state index contributed by atoms with van der Waals surface area (Å²) in [7, 11) is 0. The van der Waals surface area contributed by atoms with Crippen LogP contribution in [0.2, 0.25) is 5.02 Å². The van der Waals surface area contributed by atoms with E-state index in [1.165, 1.54) is 6.07 Å². The summed E-state index contributed by atoms with van der Waals surface area (Å²) < 4.78 is 0. The van der Waals surface area contributed by atoms with Gasteiger partial charge in [-0.25, -0.2) is 0 Å². The number of hydrogen-bond donors (Lipinski definition) is 2. The number of hydrogen-bond acceptors (Lipinski definition) is 3. The monoisotopic (exact) mass is 237 g/mol. The predicted octanol–water partition coefficient (Wildman–Crippen LogP) is 1.89. The normalized spacial score (nSPS) is 10.7. The van der Waals surface area contributed by atoms with Crippen molar-refractivity contribution < 1.29 is 4.79 Å². The second-order valence-corrected chi connectivity index (χ2v) is 4.39. The minimum absolute atomic E-state index is 0.314. The molecule has 16 heavy (non-hydrogen) atoms. The first-order chi connectivity index (χ1) is 7.34. The van der Waals surface area contributed by atoms with E-state index in [0.29, 0.717) is 16.3 Å². The van der Waals surface area contributed by atoms with Crippen molar-refractivity contribution in [3.63, 3.8) is 0 Å². The topological polar surface area (TPSA) is 78.9 Å². The Bertz CT molecular complexity index is 457. The summed E-state index contributed by atoms with van der Waals surface area (Å²) in [5.41, 5.74) is 5.48. The summed E-state index contributed by atoms with van der Waals surface area (Å²) in [6.45, 7) is 3.20. The highest BCUT2D eigenvalue weighted by molar-refractivity contribution is 6.31. The van der Waals surface area contributed by atoms with Crippen LogP contribution in [0.5, 0.6) is 0 Å². The van der Waals surface area contributed by atoms with E-state index in [0.717, 1.165) is 0 Å². The van der Waals surface area contributed by atoms with Gasteiger partial charge in [-0.15, -0.1) is 0 Å². The molecule has 0 spiro atoms. The van der Waals surface area contributed by atoms with Crippen molar-refractivity contribution >= 4 is 23.2 Å². The number of nitrogens with two attached hydrogens (primary N) is 1. The van der Waals surface area contributed by atoms with Gasteiger partial charge < -0.3 is 11.1 Å². The molecule has 1 rings (SSSR count). The molecule has 0 fully saturated rings. The van der Waals surface area contributed by atoms with E-state index in [1.54, 1.807) is 26.0 Å². The highest BCUT2D eigenvalue weighted by Crippen LogP contribution is 2.20. The lowest BCUT2D eigenvalue weighted by atomic mass is 10.1. The first-order valence-corrected chi connectivity index (χ1v) is 5.02. The Kier molecular flexibility index (Phi) is 3.53. The third-order valence-electron chi connectivity index (χ3n) is 1.93. The van der Waals surface area contributed by atoms with Gasteiger partial charge in [0.1, 0.15) is 6.07 Å². The van der Waals surface area contributed by atoms with Crippen molar-refractivity contribution in [1.82, 2.24) is 0 Å². The number of halogens is 1. The molecule has 0 aromatic heterocycles. The summed E-state index contributed by atoms with van der Waals surface area (Å²) in [5.74, 6) is -0.321. The first kappa shape index (κ1) is 12.5. The Balaban J connectivity index is 2.92. The van der Waals surface area contributed by atoms with Crippen molar-refractivity contribution in [3.05, 3.63) is 28.8 Å². The number of anilines is 1. The number of nitrogens with one attached hydrogen (secondary N) is 1. The summed E-state index contributed by atoms with van der Waals surface area (Å²) in [6, 6.07) is 6.61. The van der Waals surface area contributed by atoms with E-state index in [2.05, 4.69) is 5.32 Å². The summed E-state index contributed by atoms with van der Waals surface area (Å²) in [6.07, 6.45) is 0. The molecule has 5 heteroatoms. The molecule has 4 nitrogen and oxygen atoms in total. The molecule has 1 aromatic carbocycles. The molecule has 0 aliphatic rings. The molecule has 0 bridgehead atoms. The Hall–Kier alpha value is -1.57. The zero-order chi connectivity index (χ0) is 12.3. The standard InChI is InChI=1S/C11H12ClN3O/c1-11(2,14)10(16)15-8-3-4-9(12)7(5-8)6-13/h3-5H,14H2,1-2H3,(H,15,16). The van der Waals surface area contributed by atoms with Crippen LogP contribution >= 0.6 is 11.6 Å². The number of nitriles is 1. The van der Waals surface area contributed by atoms with Gasteiger partial charge in [0, 0.05) is 5.69 Å². The molecule has 0 aliphatic heterocycles. The van der Waals surface area contributed by atoms with Crippen LogP contribution in [0.25, 0.3) is 0 Å². The molecule has 0 saturated heterocycles. The Morgan fingerprint density at radius 2 is 2.19 bits per heavy atom. The smallest absolute Gasteiger partial charge is 0.243 e. The lowest BCUT2D eigenvalue weighted by Gasteiger charge is -2.17. The summed E-state index contributed by atoms with van der Waals surface area (Å²) in [5, 5.41) is 11.7. The third kappa shape index (κ3) is 2.96. The maximum Gasteiger partial charge on any atom is 0.243 e. The fourth-order valence-electron chi connectivity index (χ4n) is 0.981. The number of benzene rings is 1. The van der Waals surface area contributed by atoms with Crippen LogP contribution in [-0.4, -0.2) is 11.4 Å². The van der Waals surface area contributed by atoms with Crippen LogP contribution in [0.15, 0.2) is 18.2 Å². The van der Waals surface area contributed by atoms with Gasteiger partial charge in [0.2, 0.25) is 5.91 Å². The first-order valence-electron chi connectivity index (χ1n) is 4.64. The second-order valence-electron chi connectivity index (χ2n) is 3.98. The molecule has 3 N–H and O–H groups in total. The fourth-order valence-corrected chi connectivity index (χ4v) is 1.14. The van der Waals surface area contributed by atoms with E-state index >= 15 is 0 Å². The highest BCUT2D eigenvalue weighted by Gasteiger charge is 2.21. The molecule has 0 aliphatic carbocycles. The van der Waals surface area contributed by atoms with Gasteiger partial charge in [-0.05, 0) is 32.0 Å². The number of nitrogens with zero attached hydrogens (tertiary/aromatic N) is 1. The average molecular weight is 238 g/mol. The molecule has 0 atom stereocenters. The van der Waals surface area contributed by atoms with Gasteiger partial charge in [-0.3, -0.25) is 4.79 Å². The lowest BCUT2D eigenvalue weighted by molar-refractivity contribution is -0.120. The molecule has 1 aromatic rings. The Morgan fingerprint density at radius 1 is 1.56 bits per heavy atom. The molecule has 0 radical (unpaired) electrons. The molecular weight excluding hydrogens is 226 g/mol. The Morgan fingerprint density at radius 3 is 2.69 bits per heavy atom.